The fraction of sp³-hybridized carbons (Fsp3) is 0.217. The van der Waals surface area contributed by atoms with Gasteiger partial charge in [0.15, 0.2) is 0 Å². The van der Waals surface area contributed by atoms with E-state index >= 15 is 0 Å². The Labute approximate surface area is 194 Å². The van der Waals surface area contributed by atoms with Crippen molar-refractivity contribution in [2.45, 2.75) is 6.54 Å². The molecule has 1 aliphatic heterocycles. The minimum Gasteiger partial charge on any atom is -0.354 e. The number of nitrogens with zero attached hydrogens (tertiary/aromatic N) is 4. The number of nitro benzene ring substituents is 1. The zero-order chi connectivity index (χ0) is 23.4. The maximum atomic E-state index is 13.8. The zero-order valence-corrected chi connectivity index (χ0v) is 18.3. The SMILES string of the molecule is O=C(Nc1ccc(N2CCN(Cc3cc([N+](=O)[O-])ccc3Cl)CC2)nc1)c1ccccc1F. The van der Waals surface area contributed by atoms with Gasteiger partial charge in [0.25, 0.3) is 11.6 Å². The lowest BCUT2D eigenvalue weighted by molar-refractivity contribution is -0.384. The van der Waals surface area contributed by atoms with Gasteiger partial charge in [-0.3, -0.25) is 19.8 Å². The van der Waals surface area contributed by atoms with Gasteiger partial charge in [0.05, 0.1) is 22.4 Å². The topological polar surface area (TPSA) is 91.6 Å². The molecule has 2 heterocycles. The Hall–Kier alpha value is -3.56. The number of hydrogen-bond donors (Lipinski definition) is 1. The Morgan fingerprint density at radius 3 is 2.55 bits per heavy atom. The van der Waals surface area contributed by atoms with Crippen molar-refractivity contribution < 1.29 is 14.1 Å². The first-order valence-electron chi connectivity index (χ1n) is 10.3. The Morgan fingerprint density at radius 1 is 1.12 bits per heavy atom. The Bertz CT molecular complexity index is 1170. The highest BCUT2D eigenvalue weighted by atomic mass is 35.5. The van der Waals surface area contributed by atoms with Crippen LogP contribution in [0.3, 0.4) is 0 Å². The van der Waals surface area contributed by atoms with Crippen LogP contribution in [0.4, 0.5) is 21.6 Å². The quantitative estimate of drug-likeness (QED) is 0.426. The molecule has 0 unspecified atom stereocenters. The molecule has 8 nitrogen and oxygen atoms in total. The molecule has 1 saturated heterocycles. The normalized spacial score (nSPS) is 14.2. The highest BCUT2D eigenvalue weighted by molar-refractivity contribution is 6.31. The van der Waals surface area contributed by atoms with Crippen molar-refractivity contribution in [2.24, 2.45) is 0 Å². The number of piperazine rings is 1. The molecule has 170 valence electrons. The number of hydrogen-bond acceptors (Lipinski definition) is 6. The Morgan fingerprint density at radius 2 is 1.88 bits per heavy atom. The number of non-ortho nitro benzene ring substituents is 1. The van der Waals surface area contributed by atoms with Crippen molar-refractivity contribution in [3.63, 3.8) is 0 Å². The molecule has 0 aliphatic carbocycles. The molecule has 1 aromatic heterocycles. The van der Waals surface area contributed by atoms with E-state index in [9.17, 15) is 19.3 Å². The van der Waals surface area contributed by atoms with Gasteiger partial charge in [-0.2, -0.15) is 0 Å². The number of halogens is 2. The summed E-state index contributed by atoms with van der Waals surface area (Å²) in [5, 5.41) is 14.2. The molecule has 1 fully saturated rings. The van der Waals surface area contributed by atoms with Gasteiger partial charge < -0.3 is 10.2 Å². The molecular formula is C23H21ClFN5O3. The Balaban J connectivity index is 1.33. The molecule has 3 aromatic rings. The van der Waals surface area contributed by atoms with Gasteiger partial charge in [-0.1, -0.05) is 23.7 Å². The molecule has 10 heteroatoms. The van der Waals surface area contributed by atoms with Gasteiger partial charge in [0.2, 0.25) is 0 Å². The van der Waals surface area contributed by atoms with E-state index in [1.807, 2.05) is 6.07 Å². The van der Waals surface area contributed by atoms with E-state index in [0.29, 0.717) is 17.3 Å². The Kier molecular flexibility index (Phi) is 6.81. The summed E-state index contributed by atoms with van der Waals surface area (Å²) in [6.45, 7) is 3.46. The summed E-state index contributed by atoms with van der Waals surface area (Å²) in [6, 6.07) is 13.8. The highest BCUT2D eigenvalue weighted by Gasteiger charge is 2.20. The molecule has 0 radical (unpaired) electrons. The average Bonchev–Trinajstić information content (AvgIpc) is 2.81. The van der Waals surface area contributed by atoms with Crippen molar-refractivity contribution in [2.75, 3.05) is 36.4 Å². The molecule has 1 N–H and O–H groups in total. The highest BCUT2D eigenvalue weighted by Crippen LogP contribution is 2.24. The second-order valence-electron chi connectivity index (χ2n) is 7.64. The second-order valence-corrected chi connectivity index (χ2v) is 8.04. The maximum Gasteiger partial charge on any atom is 0.269 e. The average molecular weight is 470 g/mol. The number of carbonyl (C=O) groups is 1. The minimum absolute atomic E-state index is 0.0263. The number of nitro groups is 1. The van der Waals surface area contributed by atoms with Crippen molar-refractivity contribution in [3.05, 3.63) is 92.9 Å². The largest absolute Gasteiger partial charge is 0.354 e. The number of nitrogens with one attached hydrogen (secondary N) is 1. The summed E-state index contributed by atoms with van der Waals surface area (Å²) in [5.41, 5.74) is 1.21. The van der Waals surface area contributed by atoms with Crippen LogP contribution in [0.2, 0.25) is 5.02 Å². The lowest BCUT2D eigenvalue weighted by Crippen LogP contribution is -2.46. The lowest BCUT2D eigenvalue weighted by Gasteiger charge is -2.35. The number of amides is 1. The number of pyridine rings is 1. The van der Waals surface area contributed by atoms with Crippen molar-refractivity contribution in [1.82, 2.24) is 9.88 Å². The van der Waals surface area contributed by atoms with E-state index in [2.05, 4.69) is 20.1 Å². The number of aromatic nitrogens is 1. The van der Waals surface area contributed by atoms with Crippen LogP contribution in [-0.4, -0.2) is 46.9 Å². The summed E-state index contributed by atoms with van der Waals surface area (Å²) in [5.74, 6) is -0.341. The van der Waals surface area contributed by atoms with Gasteiger partial charge in [-0.05, 0) is 35.9 Å². The number of rotatable bonds is 6. The van der Waals surface area contributed by atoms with Gasteiger partial charge in [0, 0.05) is 49.9 Å². The van der Waals surface area contributed by atoms with E-state index in [0.717, 1.165) is 37.6 Å². The predicted octanol–water partition coefficient (Wildman–Crippen LogP) is 4.36. The predicted molar refractivity (Wildman–Crippen MR) is 124 cm³/mol. The maximum absolute atomic E-state index is 13.8. The summed E-state index contributed by atoms with van der Waals surface area (Å²) in [4.78, 5) is 31.6. The summed E-state index contributed by atoms with van der Waals surface area (Å²) < 4.78 is 13.8. The van der Waals surface area contributed by atoms with E-state index in [1.54, 1.807) is 24.4 Å². The number of anilines is 2. The van der Waals surface area contributed by atoms with Crippen LogP contribution in [-0.2, 0) is 6.54 Å². The molecule has 1 aliphatic rings. The van der Waals surface area contributed by atoms with Crippen LogP contribution in [0.5, 0.6) is 0 Å². The number of benzene rings is 2. The lowest BCUT2D eigenvalue weighted by atomic mass is 10.1. The third-order valence-corrected chi connectivity index (χ3v) is 5.82. The van der Waals surface area contributed by atoms with Gasteiger partial charge in [-0.15, -0.1) is 0 Å². The monoisotopic (exact) mass is 469 g/mol. The van der Waals surface area contributed by atoms with E-state index < -0.39 is 16.6 Å². The summed E-state index contributed by atoms with van der Waals surface area (Å²) in [7, 11) is 0. The second kappa shape index (κ2) is 9.93. The molecule has 33 heavy (non-hydrogen) atoms. The van der Waals surface area contributed by atoms with Crippen molar-refractivity contribution in [1.29, 1.82) is 0 Å². The first-order valence-corrected chi connectivity index (χ1v) is 10.7. The van der Waals surface area contributed by atoms with Crippen molar-refractivity contribution >= 4 is 34.7 Å². The fourth-order valence-electron chi connectivity index (χ4n) is 3.66. The molecule has 0 saturated carbocycles. The third kappa shape index (κ3) is 5.44. The smallest absolute Gasteiger partial charge is 0.269 e. The van der Waals surface area contributed by atoms with Gasteiger partial charge in [0.1, 0.15) is 11.6 Å². The minimum atomic E-state index is -0.580. The fourth-order valence-corrected chi connectivity index (χ4v) is 3.84. The summed E-state index contributed by atoms with van der Waals surface area (Å²) >= 11 is 6.22. The molecule has 4 rings (SSSR count). The molecule has 1 amide bonds. The molecular weight excluding hydrogens is 449 g/mol. The van der Waals surface area contributed by atoms with E-state index in [4.69, 9.17) is 11.6 Å². The van der Waals surface area contributed by atoms with Gasteiger partial charge in [-0.25, -0.2) is 9.37 Å². The van der Waals surface area contributed by atoms with Crippen LogP contribution in [0.1, 0.15) is 15.9 Å². The molecule has 2 aromatic carbocycles. The molecule has 0 bridgehead atoms. The van der Waals surface area contributed by atoms with Crippen LogP contribution in [0.15, 0.2) is 60.8 Å². The zero-order valence-electron chi connectivity index (χ0n) is 17.6. The first kappa shape index (κ1) is 22.6. The van der Waals surface area contributed by atoms with Crippen molar-refractivity contribution in [3.8, 4) is 0 Å². The molecule has 0 atom stereocenters. The molecule has 0 spiro atoms. The van der Waals surface area contributed by atoms with Crippen LogP contribution in [0.25, 0.3) is 0 Å². The van der Waals surface area contributed by atoms with Gasteiger partial charge >= 0.3 is 0 Å². The van der Waals surface area contributed by atoms with Crippen LogP contribution < -0.4 is 10.2 Å². The summed E-state index contributed by atoms with van der Waals surface area (Å²) in [6.07, 6.45) is 1.54. The van der Waals surface area contributed by atoms with Crippen LogP contribution >= 0.6 is 11.6 Å². The third-order valence-electron chi connectivity index (χ3n) is 5.45. The van der Waals surface area contributed by atoms with Crippen LogP contribution in [0, 0.1) is 15.9 Å². The van der Waals surface area contributed by atoms with E-state index in [-0.39, 0.29) is 11.3 Å². The standard InChI is InChI=1S/C23H21ClFN5O3/c24-20-7-6-18(30(32)33)13-16(20)15-28-9-11-29(12-10-28)22-8-5-17(14-26-22)27-23(31)19-3-1-2-4-21(19)25/h1-8,13-14H,9-12,15H2,(H,27,31). The number of carbonyl (C=O) groups excluding carboxylic acids is 1. The first-order chi connectivity index (χ1) is 15.9. The van der Waals surface area contributed by atoms with E-state index in [1.165, 1.54) is 30.3 Å².